The number of hydrogen-bond donors (Lipinski definition) is 2. The van der Waals surface area contributed by atoms with Gasteiger partial charge in [0.05, 0.1) is 12.5 Å². The summed E-state index contributed by atoms with van der Waals surface area (Å²) >= 11 is 0. The number of hydrogen-bond acceptors (Lipinski definition) is 3. The van der Waals surface area contributed by atoms with Crippen LogP contribution in [-0.2, 0) is 11.3 Å². The van der Waals surface area contributed by atoms with Crippen LogP contribution in [0.1, 0.15) is 31.9 Å². The summed E-state index contributed by atoms with van der Waals surface area (Å²) in [5.41, 5.74) is 7.45. The minimum absolute atomic E-state index is 0.286. The van der Waals surface area contributed by atoms with E-state index >= 15 is 0 Å². The molecule has 1 atom stereocenters. The van der Waals surface area contributed by atoms with E-state index in [1.54, 1.807) is 6.92 Å². The summed E-state index contributed by atoms with van der Waals surface area (Å²) in [6.45, 7) is 10.2. The van der Waals surface area contributed by atoms with Gasteiger partial charge in [0.25, 0.3) is 0 Å². The second-order valence-corrected chi connectivity index (χ2v) is 5.70. The highest BCUT2D eigenvalue weighted by molar-refractivity contribution is 5.76. The highest BCUT2D eigenvalue weighted by atomic mass is 16.5. The molecule has 1 aromatic rings. The Morgan fingerprint density at radius 2 is 2.05 bits per heavy atom. The van der Waals surface area contributed by atoms with E-state index in [-0.39, 0.29) is 11.8 Å². The Morgan fingerprint density at radius 1 is 1.35 bits per heavy atom. The van der Waals surface area contributed by atoms with Crippen LogP contribution in [-0.4, -0.2) is 19.1 Å². The lowest BCUT2D eigenvalue weighted by atomic mass is 10.1. The third-order valence-electron chi connectivity index (χ3n) is 3.12. The van der Waals surface area contributed by atoms with Crippen LogP contribution in [0.4, 0.5) is 0 Å². The number of nitrogens with two attached hydrogens (primary N) is 1. The van der Waals surface area contributed by atoms with Gasteiger partial charge in [-0.1, -0.05) is 39.0 Å². The van der Waals surface area contributed by atoms with E-state index in [9.17, 15) is 4.79 Å². The molecule has 0 aliphatic rings. The summed E-state index contributed by atoms with van der Waals surface area (Å²) in [7, 11) is 0. The molecule has 20 heavy (non-hydrogen) atoms. The molecule has 0 heterocycles. The third-order valence-corrected chi connectivity index (χ3v) is 3.12. The summed E-state index contributed by atoms with van der Waals surface area (Å²) in [6, 6.07) is 6.08. The lowest BCUT2D eigenvalue weighted by Crippen LogP contribution is -2.26. The number of amides is 1. The smallest absolute Gasteiger partial charge is 0.223 e. The summed E-state index contributed by atoms with van der Waals surface area (Å²) in [5.74, 6) is 0.847. The van der Waals surface area contributed by atoms with Crippen molar-refractivity contribution in [3.63, 3.8) is 0 Å². The summed E-state index contributed by atoms with van der Waals surface area (Å²) < 4.78 is 5.81. The Labute approximate surface area is 121 Å². The van der Waals surface area contributed by atoms with Crippen LogP contribution < -0.4 is 15.8 Å². The highest BCUT2D eigenvalue weighted by Gasteiger charge is 2.12. The van der Waals surface area contributed by atoms with Gasteiger partial charge in [-0.3, -0.25) is 4.79 Å². The number of carbonyl (C=O) groups excluding carboxylic acids is 1. The lowest BCUT2D eigenvalue weighted by Gasteiger charge is -2.17. The number of nitrogens with one attached hydrogen (secondary N) is 1. The maximum atomic E-state index is 11.1. The molecule has 0 radical (unpaired) electrons. The zero-order valence-electron chi connectivity index (χ0n) is 12.9. The van der Waals surface area contributed by atoms with Gasteiger partial charge in [0.1, 0.15) is 5.75 Å². The van der Waals surface area contributed by atoms with Crippen LogP contribution in [0.25, 0.3) is 0 Å². The monoisotopic (exact) mass is 278 g/mol. The fourth-order valence-corrected chi connectivity index (χ4v) is 1.84. The lowest BCUT2D eigenvalue weighted by molar-refractivity contribution is -0.122. The highest BCUT2D eigenvalue weighted by Crippen LogP contribution is 2.24. The second-order valence-electron chi connectivity index (χ2n) is 5.70. The predicted molar refractivity (Wildman–Crippen MR) is 81.6 cm³/mol. The Hall–Kier alpha value is -1.55. The van der Waals surface area contributed by atoms with Crippen molar-refractivity contribution in [2.45, 2.75) is 34.2 Å². The maximum Gasteiger partial charge on any atom is 0.223 e. The largest absolute Gasteiger partial charge is 0.492 e. The van der Waals surface area contributed by atoms with Gasteiger partial charge in [0, 0.05) is 12.1 Å². The van der Waals surface area contributed by atoms with Gasteiger partial charge >= 0.3 is 0 Å². The molecular weight excluding hydrogens is 252 g/mol. The molecule has 0 fully saturated rings. The van der Waals surface area contributed by atoms with E-state index in [4.69, 9.17) is 10.5 Å². The summed E-state index contributed by atoms with van der Waals surface area (Å²) in [6.07, 6.45) is 0. The van der Waals surface area contributed by atoms with Gasteiger partial charge in [-0.15, -0.1) is 0 Å². The molecule has 4 heteroatoms. The zero-order valence-corrected chi connectivity index (χ0v) is 12.9. The third kappa shape index (κ3) is 5.21. The number of benzene rings is 1. The minimum Gasteiger partial charge on any atom is -0.492 e. The van der Waals surface area contributed by atoms with Crippen molar-refractivity contribution in [1.29, 1.82) is 0 Å². The molecule has 4 nitrogen and oxygen atoms in total. The van der Waals surface area contributed by atoms with E-state index in [0.29, 0.717) is 12.5 Å². The van der Waals surface area contributed by atoms with Gasteiger partial charge in [0.15, 0.2) is 0 Å². The number of primary amides is 1. The van der Waals surface area contributed by atoms with Crippen molar-refractivity contribution in [1.82, 2.24) is 5.32 Å². The fourth-order valence-electron chi connectivity index (χ4n) is 1.84. The number of aryl methyl sites for hydroxylation is 1. The standard InChI is InChI=1S/C16H26N2O2/c1-11(2)8-18-9-14-7-5-6-12(3)15(14)20-10-13(4)16(17)19/h5-7,11,13,18H,8-10H2,1-4H3,(H2,17,19). The fraction of sp³-hybridized carbons (Fsp3) is 0.562. The first-order valence-corrected chi connectivity index (χ1v) is 7.13. The SMILES string of the molecule is Cc1cccc(CNCC(C)C)c1OCC(C)C(N)=O. The predicted octanol–water partition coefficient (Wildman–Crippen LogP) is 2.24. The molecule has 3 N–H and O–H groups in total. The van der Waals surface area contributed by atoms with Gasteiger partial charge in [-0.2, -0.15) is 0 Å². The molecule has 0 saturated carbocycles. The molecular formula is C16H26N2O2. The molecule has 0 bridgehead atoms. The average Bonchev–Trinajstić information content (AvgIpc) is 2.37. The first kappa shape index (κ1) is 16.5. The molecule has 0 aromatic heterocycles. The van der Waals surface area contributed by atoms with Crippen LogP contribution in [0.5, 0.6) is 5.75 Å². The van der Waals surface area contributed by atoms with Crippen LogP contribution >= 0.6 is 0 Å². The zero-order chi connectivity index (χ0) is 15.1. The number of para-hydroxylation sites is 1. The Morgan fingerprint density at radius 3 is 2.65 bits per heavy atom. The molecule has 0 aliphatic heterocycles. The van der Waals surface area contributed by atoms with Crippen LogP contribution in [0.3, 0.4) is 0 Å². The number of ether oxygens (including phenoxy) is 1. The van der Waals surface area contributed by atoms with Crippen LogP contribution in [0.15, 0.2) is 18.2 Å². The Balaban J connectivity index is 2.70. The normalized spacial score (nSPS) is 12.4. The van der Waals surface area contributed by atoms with Crippen molar-refractivity contribution < 1.29 is 9.53 Å². The van der Waals surface area contributed by atoms with E-state index in [2.05, 4.69) is 19.2 Å². The Bertz CT molecular complexity index is 444. The summed E-state index contributed by atoms with van der Waals surface area (Å²) in [4.78, 5) is 11.1. The quantitative estimate of drug-likeness (QED) is 0.766. The van der Waals surface area contributed by atoms with Crippen molar-refractivity contribution in [3.8, 4) is 5.75 Å². The van der Waals surface area contributed by atoms with Crippen LogP contribution in [0, 0.1) is 18.8 Å². The van der Waals surface area contributed by atoms with Gasteiger partial charge < -0.3 is 15.8 Å². The molecule has 1 aromatic carbocycles. The Kier molecular flexibility index (Phi) is 6.52. The number of carbonyl (C=O) groups is 1. The molecule has 1 amide bonds. The van der Waals surface area contributed by atoms with E-state index in [0.717, 1.165) is 30.0 Å². The minimum atomic E-state index is -0.335. The molecule has 1 rings (SSSR count). The molecule has 0 saturated heterocycles. The van der Waals surface area contributed by atoms with Crippen molar-refractivity contribution in [3.05, 3.63) is 29.3 Å². The van der Waals surface area contributed by atoms with E-state index < -0.39 is 0 Å². The maximum absolute atomic E-state index is 11.1. The summed E-state index contributed by atoms with van der Waals surface area (Å²) in [5, 5.41) is 3.41. The molecule has 112 valence electrons. The molecule has 0 spiro atoms. The van der Waals surface area contributed by atoms with Gasteiger partial charge in [-0.25, -0.2) is 0 Å². The van der Waals surface area contributed by atoms with E-state index in [1.165, 1.54) is 0 Å². The average molecular weight is 278 g/mol. The first-order valence-electron chi connectivity index (χ1n) is 7.13. The van der Waals surface area contributed by atoms with E-state index in [1.807, 2.05) is 25.1 Å². The topological polar surface area (TPSA) is 64.3 Å². The number of rotatable bonds is 8. The van der Waals surface area contributed by atoms with Gasteiger partial charge in [0.2, 0.25) is 5.91 Å². The van der Waals surface area contributed by atoms with Crippen LogP contribution in [0.2, 0.25) is 0 Å². The van der Waals surface area contributed by atoms with Crippen molar-refractivity contribution in [2.24, 2.45) is 17.6 Å². The second kappa shape index (κ2) is 7.90. The van der Waals surface area contributed by atoms with Crippen molar-refractivity contribution in [2.75, 3.05) is 13.2 Å². The molecule has 0 aliphatic carbocycles. The van der Waals surface area contributed by atoms with Gasteiger partial charge in [-0.05, 0) is 24.9 Å². The van der Waals surface area contributed by atoms with Crippen molar-refractivity contribution >= 4 is 5.91 Å². The first-order chi connectivity index (χ1) is 9.41. The molecule has 1 unspecified atom stereocenters.